The van der Waals surface area contributed by atoms with Crippen LogP contribution in [0.2, 0.25) is 0 Å². The van der Waals surface area contributed by atoms with Crippen molar-refractivity contribution in [1.82, 2.24) is 10.4 Å². The third-order valence-corrected chi connectivity index (χ3v) is 3.59. The number of nitrogens with one attached hydrogen (secondary N) is 1. The van der Waals surface area contributed by atoms with E-state index in [0.717, 1.165) is 9.13 Å². The van der Waals surface area contributed by atoms with Crippen molar-refractivity contribution >= 4 is 39.6 Å². The zero-order valence-electron chi connectivity index (χ0n) is 10.3. The molecule has 3 N–H and O–H groups in total. The number of aromatic nitrogens is 1. The Bertz CT molecular complexity index is 781. The lowest BCUT2D eigenvalue weighted by molar-refractivity contribution is 0.0954. The van der Waals surface area contributed by atoms with E-state index in [9.17, 15) is 4.79 Å². The van der Waals surface area contributed by atoms with Crippen LogP contribution in [0.15, 0.2) is 46.9 Å². The van der Waals surface area contributed by atoms with Crippen molar-refractivity contribution in [3.63, 3.8) is 0 Å². The molecule has 0 aliphatic heterocycles. The SMILES string of the molecule is NNC(=O)c1ccc2oc(-c3ccc(I)cc3)nc2c1. The van der Waals surface area contributed by atoms with Crippen LogP contribution in [-0.2, 0) is 0 Å². The topological polar surface area (TPSA) is 81.1 Å². The van der Waals surface area contributed by atoms with Crippen molar-refractivity contribution < 1.29 is 9.21 Å². The summed E-state index contributed by atoms with van der Waals surface area (Å²) in [4.78, 5) is 15.9. The number of rotatable bonds is 2. The second-order valence-corrected chi connectivity index (χ2v) is 5.43. The average Bonchev–Trinajstić information content (AvgIpc) is 2.90. The van der Waals surface area contributed by atoms with Gasteiger partial charge in [-0.3, -0.25) is 10.2 Å². The summed E-state index contributed by atoms with van der Waals surface area (Å²) in [5, 5.41) is 0. The summed E-state index contributed by atoms with van der Waals surface area (Å²) in [5.41, 5.74) is 4.69. The molecule has 0 saturated carbocycles. The maximum Gasteiger partial charge on any atom is 0.265 e. The number of halogens is 1. The van der Waals surface area contributed by atoms with E-state index >= 15 is 0 Å². The quantitative estimate of drug-likeness (QED) is 0.311. The minimum absolute atomic E-state index is 0.356. The molecule has 0 aliphatic carbocycles. The maximum atomic E-state index is 11.5. The number of oxazole rings is 1. The van der Waals surface area contributed by atoms with Crippen LogP contribution in [-0.4, -0.2) is 10.9 Å². The van der Waals surface area contributed by atoms with Crippen LogP contribution in [0.4, 0.5) is 0 Å². The lowest BCUT2D eigenvalue weighted by Crippen LogP contribution is -2.29. The Hall–Kier alpha value is -1.93. The largest absolute Gasteiger partial charge is 0.436 e. The summed E-state index contributed by atoms with van der Waals surface area (Å²) in [7, 11) is 0. The third kappa shape index (κ3) is 2.39. The first-order chi connectivity index (χ1) is 9.67. The normalized spacial score (nSPS) is 10.7. The maximum absolute atomic E-state index is 11.5. The number of carbonyl (C=O) groups excluding carboxylic acids is 1. The van der Waals surface area contributed by atoms with Gasteiger partial charge < -0.3 is 4.42 Å². The highest BCUT2D eigenvalue weighted by Gasteiger charge is 2.11. The molecule has 0 saturated heterocycles. The molecular formula is C14H10IN3O2. The van der Waals surface area contributed by atoms with E-state index in [1.807, 2.05) is 24.3 Å². The van der Waals surface area contributed by atoms with Gasteiger partial charge in [0.25, 0.3) is 5.91 Å². The molecule has 1 aromatic heterocycles. The minimum atomic E-state index is -0.356. The van der Waals surface area contributed by atoms with Crippen molar-refractivity contribution in [3.05, 3.63) is 51.6 Å². The molecule has 3 rings (SSSR count). The molecule has 100 valence electrons. The highest BCUT2D eigenvalue weighted by atomic mass is 127. The van der Waals surface area contributed by atoms with Crippen LogP contribution in [0, 0.1) is 3.57 Å². The van der Waals surface area contributed by atoms with Gasteiger partial charge in [0.05, 0.1) is 0 Å². The Morgan fingerprint density at radius 2 is 1.95 bits per heavy atom. The van der Waals surface area contributed by atoms with Gasteiger partial charge in [0.1, 0.15) is 5.52 Å². The van der Waals surface area contributed by atoms with E-state index in [4.69, 9.17) is 10.3 Å². The third-order valence-electron chi connectivity index (χ3n) is 2.87. The van der Waals surface area contributed by atoms with E-state index in [2.05, 4.69) is 33.0 Å². The molecule has 0 radical (unpaired) electrons. The van der Waals surface area contributed by atoms with Crippen LogP contribution in [0.1, 0.15) is 10.4 Å². The van der Waals surface area contributed by atoms with Gasteiger partial charge in [0.15, 0.2) is 5.58 Å². The Morgan fingerprint density at radius 1 is 1.20 bits per heavy atom. The summed E-state index contributed by atoms with van der Waals surface area (Å²) in [6.07, 6.45) is 0. The summed E-state index contributed by atoms with van der Waals surface area (Å²) in [6.45, 7) is 0. The summed E-state index contributed by atoms with van der Waals surface area (Å²) >= 11 is 2.24. The molecule has 6 heteroatoms. The van der Waals surface area contributed by atoms with Crippen molar-refractivity contribution in [1.29, 1.82) is 0 Å². The molecule has 0 atom stereocenters. The first-order valence-corrected chi connectivity index (χ1v) is 6.93. The monoisotopic (exact) mass is 379 g/mol. The summed E-state index contributed by atoms with van der Waals surface area (Å²) in [6, 6.07) is 12.9. The Kier molecular flexibility index (Phi) is 3.41. The van der Waals surface area contributed by atoms with Crippen LogP contribution >= 0.6 is 22.6 Å². The number of amides is 1. The number of hydrogen-bond acceptors (Lipinski definition) is 4. The summed E-state index contributed by atoms with van der Waals surface area (Å²) < 4.78 is 6.83. The molecule has 20 heavy (non-hydrogen) atoms. The van der Waals surface area contributed by atoms with Crippen LogP contribution in [0.25, 0.3) is 22.6 Å². The summed E-state index contributed by atoms with van der Waals surface area (Å²) in [5.74, 6) is 5.29. The van der Waals surface area contributed by atoms with E-state index in [1.165, 1.54) is 0 Å². The van der Waals surface area contributed by atoms with Crippen LogP contribution < -0.4 is 11.3 Å². The smallest absolute Gasteiger partial charge is 0.265 e. The Balaban J connectivity index is 2.06. The molecule has 0 fully saturated rings. The fraction of sp³-hybridized carbons (Fsp3) is 0. The van der Waals surface area contributed by atoms with Crippen molar-refractivity contribution in [2.45, 2.75) is 0 Å². The van der Waals surface area contributed by atoms with Gasteiger partial charge in [-0.1, -0.05) is 0 Å². The molecule has 2 aromatic carbocycles. The molecular weight excluding hydrogens is 369 g/mol. The number of nitrogens with two attached hydrogens (primary N) is 1. The number of nitrogen functional groups attached to an aromatic ring is 1. The van der Waals surface area contributed by atoms with Gasteiger partial charge >= 0.3 is 0 Å². The first kappa shape index (κ1) is 13.1. The highest BCUT2D eigenvalue weighted by Crippen LogP contribution is 2.25. The lowest BCUT2D eigenvalue weighted by Gasteiger charge is -1.97. The van der Waals surface area contributed by atoms with Gasteiger partial charge in [-0.15, -0.1) is 0 Å². The predicted molar refractivity (Wildman–Crippen MR) is 83.8 cm³/mol. The number of benzene rings is 2. The molecule has 0 unspecified atom stereocenters. The van der Waals surface area contributed by atoms with E-state index in [0.29, 0.717) is 22.6 Å². The molecule has 3 aromatic rings. The minimum Gasteiger partial charge on any atom is -0.436 e. The predicted octanol–water partition coefficient (Wildman–Crippen LogP) is 2.70. The van der Waals surface area contributed by atoms with Crippen LogP contribution in [0.5, 0.6) is 0 Å². The van der Waals surface area contributed by atoms with Crippen molar-refractivity contribution in [2.24, 2.45) is 5.84 Å². The fourth-order valence-corrected chi connectivity index (χ4v) is 2.23. The molecule has 0 aliphatic rings. The van der Waals surface area contributed by atoms with Crippen molar-refractivity contribution in [3.8, 4) is 11.5 Å². The Labute approximate surface area is 128 Å². The molecule has 0 bridgehead atoms. The Morgan fingerprint density at radius 3 is 2.65 bits per heavy atom. The van der Waals surface area contributed by atoms with Gasteiger partial charge in [-0.2, -0.15) is 0 Å². The van der Waals surface area contributed by atoms with E-state index < -0.39 is 0 Å². The molecule has 1 heterocycles. The second kappa shape index (κ2) is 5.22. The first-order valence-electron chi connectivity index (χ1n) is 5.85. The standard InChI is InChI=1S/C14H10IN3O2/c15-10-4-1-8(2-5-10)14-17-11-7-9(13(19)18-16)3-6-12(11)20-14/h1-7H,16H2,(H,18,19). The van der Waals surface area contributed by atoms with Gasteiger partial charge in [0, 0.05) is 14.7 Å². The van der Waals surface area contributed by atoms with E-state index in [-0.39, 0.29) is 5.91 Å². The number of nitrogens with zero attached hydrogens (tertiary/aromatic N) is 1. The van der Waals surface area contributed by atoms with Crippen LogP contribution in [0.3, 0.4) is 0 Å². The number of fused-ring (bicyclic) bond motifs is 1. The molecule has 5 nitrogen and oxygen atoms in total. The number of hydrogen-bond donors (Lipinski definition) is 2. The highest BCUT2D eigenvalue weighted by molar-refractivity contribution is 14.1. The number of hydrazine groups is 1. The molecule has 1 amide bonds. The van der Waals surface area contributed by atoms with Gasteiger partial charge in [0.2, 0.25) is 5.89 Å². The average molecular weight is 379 g/mol. The molecule has 0 spiro atoms. The fourth-order valence-electron chi connectivity index (χ4n) is 1.87. The number of carbonyl (C=O) groups is 1. The zero-order valence-corrected chi connectivity index (χ0v) is 12.4. The zero-order chi connectivity index (χ0) is 14.1. The van der Waals surface area contributed by atoms with E-state index in [1.54, 1.807) is 18.2 Å². The van der Waals surface area contributed by atoms with Gasteiger partial charge in [-0.25, -0.2) is 10.8 Å². The van der Waals surface area contributed by atoms with Gasteiger partial charge in [-0.05, 0) is 65.1 Å². The lowest BCUT2D eigenvalue weighted by atomic mass is 10.2. The second-order valence-electron chi connectivity index (χ2n) is 4.18. The van der Waals surface area contributed by atoms with Crippen molar-refractivity contribution in [2.75, 3.05) is 0 Å².